The lowest BCUT2D eigenvalue weighted by atomic mass is 10.1. The fraction of sp³-hybridized carbons (Fsp3) is 0.533. The maximum absolute atomic E-state index is 4.56. The Labute approximate surface area is 119 Å². The summed E-state index contributed by atoms with van der Waals surface area (Å²) in [6.07, 6.45) is 3.24. The normalized spacial score (nSPS) is 13.1. The molecule has 1 N–H and O–H groups in total. The fourth-order valence-electron chi connectivity index (χ4n) is 2.35. The molecule has 0 aliphatic rings. The summed E-state index contributed by atoms with van der Waals surface area (Å²) in [7, 11) is 1.99. The van der Waals surface area contributed by atoms with Gasteiger partial charge < -0.3 is 5.32 Å². The Morgan fingerprint density at radius 3 is 2.79 bits per heavy atom. The van der Waals surface area contributed by atoms with E-state index in [1.807, 2.05) is 23.1 Å². The third-order valence-corrected chi connectivity index (χ3v) is 4.30. The Balaban J connectivity index is 2.05. The molecule has 0 saturated carbocycles. The molecular weight excluding hydrogens is 254 g/mol. The second-order valence-corrected chi connectivity index (χ2v) is 6.20. The second kappa shape index (κ2) is 6.35. The average Bonchev–Trinajstić information content (AvgIpc) is 2.99. The summed E-state index contributed by atoms with van der Waals surface area (Å²) in [6.45, 7) is 7.51. The van der Waals surface area contributed by atoms with Crippen LogP contribution >= 0.6 is 11.3 Å². The first-order valence-corrected chi connectivity index (χ1v) is 7.79. The lowest BCUT2D eigenvalue weighted by molar-refractivity contribution is 0.524. The molecule has 2 aromatic rings. The van der Waals surface area contributed by atoms with E-state index >= 15 is 0 Å². The molecule has 0 amide bonds. The average molecular weight is 277 g/mol. The van der Waals surface area contributed by atoms with Crippen molar-refractivity contribution in [2.45, 2.75) is 45.7 Å². The highest BCUT2D eigenvalue weighted by atomic mass is 32.1. The van der Waals surface area contributed by atoms with Crippen LogP contribution in [0, 0.1) is 0 Å². The monoisotopic (exact) mass is 277 g/mol. The van der Waals surface area contributed by atoms with Crippen LogP contribution in [0.3, 0.4) is 0 Å². The molecule has 0 aliphatic heterocycles. The Morgan fingerprint density at radius 2 is 2.21 bits per heavy atom. The Hall–Kier alpha value is -1.13. The maximum atomic E-state index is 4.56. The maximum Gasteiger partial charge on any atom is 0.0694 e. The van der Waals surface area contributed by atoms with E-state index in [1.54, 1.807) is 0 Å². The van der Waals surface area contributed by atoms with Crippen LogP contribution in [-0.4, -0.2) is 9.78 Å². The van der Waals surface area contributed by atoms with Gasteiger partial charge in [-0.2, -0.15) is 5.10 Å². The summed E-state index contributed by atoms with van der Waals surface area (Å²) >= 11 is 1.82. The molecule has 1 atom stereocenters. The summed E-state index contributed by atoms with van der Waals surface area (Å²) in [5.74, 6) is 0.472. The van der Waals surface area contributed by atoms with Gasteiger partial charge in [0.2, 0.25) is 0 Å². The Bertz CT molecular complexity index is 499. The van der Waals surface area contributed by atoms with E-state index in [0.29, 0.717) is 12.0 Å². The molecule has 2 rings (SSSR count). The first-order chi connectivity index (χ1) is 9.11. The summed E-state index contributed by atoms with van der Waals surface area (Å²) in [5.41, 5.74) is 2.52. The van der Waals surface area contributed by atoms with Crippen molar-refractivity contribution in [2.24, 2.45) is 7.05 Å². The van der Waals surface area contributed by atoms with Gasteiger partial charge in [-0.1, -0.05) is 26.8 Å². The molecule has 0 spiro atoms. The van der Waals surface area contributed by atoms with Gasteiger partial charge in [-0.05, 0) is 23.8 Å². The van der Waals surface area contributed by atoms with E-state index in [0.717, 1.165) is 13.0 Å². The number of nitrogens with one attached hydrogen (secondary N) is 1. The number of hydrogen-bond acceptors (Lipinski definition) is 3. The lowest BCUT2D eigenvalue weighted by Crippen LogP contribution is -2.20. The third-order valence-electron chi connectivity index (χ3n) is 3.32. The number of rotatable bonds is 6. The Kier molecular flexibility index (Phi) is 4.77. The minimum Gasteiger partial charge on any atom is -0.305 e. The molecule has 0 bridgehead atoms. The molecule has 2 aromatic heterocycles. The largest absolute Gasteiger partial charge is 0.305 e. The number of aryl methyl sites for hydroxylation is 1. The molecule has 104 valence electrons. The zero-order chi connectivity index (χ0) is 13.8. The minimum absolute atomic E-state index is 0.445. The first kappa shape index (κ1) is 14.3. The van der Waals surface area contributed by atoms with Crippen molar-refractivity contribution < 1.29 is 0 Å². The van der Waals surface area contributed by atoms with Crippen molar-refractivity contribution in [3.63, 3.8) is 0 Å². The molecule has 0 aromatic carbocycles. The summed E-state index contributed by atoms with van der Waals surface area (Å²) < 4.78 is 1.92. The van der Waals surface area contributed by atoms with Crippen LogP contribution in [0.15, 0.2) is 23.7 Å². The molecular formula is C15H23N3S. The molecule has 1 unspecified atom stereocenters. The molecule has 3 nitrogen and oxygen atoms in total. The van der Waals surface area contributed by atoms with Gasteiger partial charge in [0.05, 0.1) is 5.69 Å². The van der Waals surface area contributed by atoms with Gasteiger partial charge in [-0.15, -0.1) is 11.3 Å². The lowest BCUT2D eigenvalue weighted by Gasteiger charge is -2.15. The van der Waals surface area contributed by atoms with Gasteiger partial charge in [0.1, 0.15) is 0 Å². The smallest absolute Gasteiger partial charge is 0.0694 e. The zero-order valence-electron chi connectivity index (χ0n) is 12.2. The van der Waals surface area contributed by atoms with Gasteiger partial charge in [0.25, 0.3) is 0 Å². The molecule has 0 aliphatic carbocycles. The van der Waals surface area contributed by atoms with Gasteiger partial charge in [0, 0.05) is 36.3 Å². The van der Waals surface area contributed by atoms with Crippen molar-refractivity contribution in [2.75, 3.05) is 0 Å². The highest BCUT2D eigenvalue weighted by Crippen LogP contribution is 2.23. The van der Waals surface area contributed by atoms with Crippen LogP contribution in [0.1, 0.15) is 55.3 Å². The van der Waals surface area contributed by atoms with E-state index in [1.165, 1.54) is 16.1 Å². The zero-order valence-corrected chi connectivity index (χ0v) is 13.0. The third kappa shape index (κ3) is 3.45. The molecule has 19 heavy (non-hydrogen) atoms. The predicted molar refractivity (Wildman–Crippen MR) is 81.5 cm³/mol. The van der Waals surface area contributed by atoms with E-state index in [4.69, 9.17) is 0 Å². The number of thiophene rings is 1. The van der Waals surface area contributed by atoms with Crippen molar-refractivity contribution in [3.05, 3.63) is 39.8 Å². The number of nitrogens with zero attached hydrogens (tertiary/aromatic N) is 2. The van der Waals surface area contributed by atoms with Crippen LogP contribution in [0.4, 0.5) is 0 Å². The first-order valence-electron chi connectivity index (χ1n) is 6.91. The summed E-state index contributed by atoms with van der Waals surface area (Å²) in [6, 6.07) is 4.77. The fourth-order valence-corrected chi connectivity index (χ4v) is 3.23. The van der Waals surface area contributed by atoms with Crippen LogP contribution < -0.4 is 5.32 Å². The van der Waals surface area contributed by atoms with E-state index in [-0.39, 0.29) is 0 Å². The molecule has 2 heterocycles. The Morgan fingerprint density at radius 1 is 1.42 bits per heavy atom. The molecule has 4 heteroatoms. The molecule has 0 radical (unpaired) electrons. The van der Waals surface area contributed by atoms with Crippen molar-refractivity contribution >= 4 is 11.3 Å². The van der Waals surface area contributed by atoms with Crippen LogP contribution in [0.5, 0.6) is 0 Å². The predicted octanol–water partition coefficient (Wildman–Crippen LogP) is 3.85. The van der Waals surface area contributed by atoms with Crippen LogP contribution in [-0.2, 0) is 13.6 Å². The van der Waals surface area contributed by atoms with E-state index < -0.39 is 0 Å². The van der Waals surface area contributed by atoms with Gasteiger partial charge in [-0.3, -0.25) is 4.68 Å². The molecule has 0 saturated heterocycles. The summed E-state index contributed by atoms with van der Waals surface area (Å²) in [4.78, 5) is 1.41. The van der Waals surface area contributed by atoms with E-state index in [2.05, 4.69) is 54.9 Å². The SMILES string of the molecule is CCC(NCc1cn(C)nc1C(C)C)c1cccs1. The highest BCUT2D eigenvalue weighted by molar-refractivity contribution is 7.10. The topological polar surface area (TPSA) is 29.9 Å². The summed E-state index contributed by atoms with van der Waals surface area (Å²) in [5, 5.41) is 10.4. The second-order valence-electron chi connectivity index (χ2n) is 5.23. The van der Waals surface area contributed by atoms with Crippen LogP contribution in [0.25, 0.3) is 0 Å². The van der Waals surface area contributed by atoms with Gasteiger partial charge in [-0.25, -0.2) is 0 Å². The number of aromatic nitrogens is 2. The highest BCUT2D eigenvalue weighted by Gasteiger charge is 2.14. The van der Waals surface area contributed by atoms with Crippen LogP contribution in [0.2, 0.25) is 0 Å². The minimum atomic E-state index is 0.445. The van der Waals surface area contributed by atoms with Crippen molar-refractivity contribution in [3.8, 4) is 0 Å². The van der Waals surface area contributed by atoms with Crippen molar-refractivity contribution in [1.29, 1.82) is 0 Å². The van der Waals surface area contributed by atoms with Gasteiger partial charge in [0.15, 0.2) is 0 Å². The quantitative estimate of drug-likeness (QED) is 0.869. The van der Waals surface area contributed by atoms with Gasteiger partial charge >= 0.3 is 0 Å². The standard InChI is InChI=1S/C15H23N3S/c1-5-13(14-7-6-8-19-14)16-9-12-10-18(4)17-15(12)11(2)3/h6-8,10-11,13,16H,5,9H2,1-4H3. The van der Waals surface area contributed by atoms with E-state index in [9.17, 15) is 0 Å². The number of hydrogen-bond donors (Lipinski definition) is 1. The van der Waals surface area contributed by atoms with Crippen molar-refractivity contribution in [1.82, 2.24) is 15.1 Å². The molecule has 0 fully saturated rings.